The summed E-state index contributed by atoms with van der Waals surface area (Å²) in [6, 6.07) is 16.7. The Kier molecular flexibility index (Phi) is 10.6. The highest BCUT2D eigenvalue weighted by atomic mass is 16.5. The lowest BCUT2D eigenvalue weighted by Gasteiger charge is -2.31. The second-order valence-corrected chi connectivity index (χ2v) is 7.88. The van der Waals surface area contributed by atoms with Gasteiger partial charge in [-0.3, -0.25) is 9.59 Å². The van der Waals surface area contributed by atoms with Gasteiger partial charge in [0.15, 0.2) is 0 Å². The first kappa shape index (κ1) is 25.2. The fourth-order valence-corrected chi connectivity index (χ4v) is 3.40. The molecular formula is C26H36N2O4. The average Bonchev–Trinajstić information content (AvgIpc) is 2.82. The van der Waals surface area contributed by atoms with E-state index in [9.17, 15) is 9.59 Å². The Hall–Kier alpha value is -3.02. The van der Waals surface area contributed by atoms with E-state index in [0.717, 1.165) is 23.5 Å². The number of benzene rings is 2. The number of rotatable bonds is 13. The van der Waals surface area contributed by atoms with Gasteiger partial charge >= 0.3 is 0 Å². The second-order valence-electron chi connectivity index (χ2n) is 7.88. The Morgan fingerprint density at radius 2 is 1.72 bits per heavy atom. The molecule has 0 aromatic heterocycles. The first-order valence-electron chi connectivity index (χ1n) is 11.4. The molecule has 0 radical (unpaired) electrons. The summed E-state index contributed by atoms with van der Waals surface area (Å²) in [4.78, 5) is 27.9. The van der Waals surface area contributed by atoms with Crippen molar-refractivity contribution in [3.63, 3.8) is 0 Å². The van der Waals surface area contributed by atoms with Gasteiger partial charge in [0.2, 0.25) is 11.8 Å². The van der Waals surface area contributed by atoms with Crippen molar-refractivity contribution in [2.24, 2.45) is 0 Å². The Morgan fingerprint density at radius 1 is 1.00 bits per heavy atom. The number of nitrogens with one attached hydrogen (secondary N) is 1. The quantitative estimate of drug-likeness (QED) is 0.463. The molecule has 0 spiro atoms. The minimum atomic E-state index is -0.530. The van der Waals surface area contributed by atoms with Crippen molar-refractivity contribution >= 4 is 11.8 Å². The maximum absolute atomic E-state index is 13.2. The number of carbonyl (C=O) groups is 2. The molecule has 0 bridgehead atoms. The van der Waals surface area contributed by atoms with Crippen LogP contribution in [0.5, 0.6) is 11.5 Å². The monoisotopic (exact) mass is 440 g/mol. The minimum absolute atomic E-state index is 0.0596. The van der Waals surface area contributed by atoms with Crippen LogP contribution in [0.2, 0.25) is 0 Å². The number of amides is 2. The Labute approximate surface area is 191 Å². The van der Waals surface area contributed by atoms with Gasteiger partial charge in [-0.25, -0.2) is 0 Å². The maximum Gasteiger partial charge on any atom is 0.243 e. The summed E-state index contributed by atoms with van der Waals surface area (Å²) in [6.07, 6.45) is 2.26. The maximum atomic E-state index is 13.2. The summed E-state index contributed by atoms with van der Waals surface area (Å²) in [5.74, 6) is 1.34. The molecule has 0 fully saturated rings. The zero-order valence-electron chi connectivity index (χ0n) is 19.7. The zero-order valence-corrected chi connectivity index (χ0v) is 19.7. The molecule has 0 saturated heterocycles. The van der Waals surface area contributed by atoms with E-state index in [4.69, 9.17) is 9.47 Å². The van der Waals surface area contributed by atoms with Crippen LogP contribution in [-0.4, -0.2) is 42.5 Å². The van der Waals surface area contributed by atoms with E-state index < -0.39 is 6.04 Å². The standard InChI is InChI=1S/C26H36N2O4/c1-5-20(3)27-26(30)24(6-2)28(19-21-12-10-15-23(18-21)31-4)25(29)16-11-17-32-22-13-8-7-9-14-22/h7-10,12-15,18,20,24H,5-6,11,16-17,19H2,1-4H3,(H,27,30). The third-order valence-electron chi connectivity index (χ3n) is 5.42. The van der Waals surface area contributed by atoms with E-state index in [1.807, 2.05) is 75.4 Å². The number of hydrogen-bond donors (Lipinski definition) is 1. The molecule has 174 valence electrons. The summed E-state index contributed by atoms with van der Waals surface area (Å²) in [5.41, 5.74) is 0.924. The topological polar surface area (TPSA) is 67.9 Å². The normalized spacial score (nSPS) is 12.5. The molecule has 0 saturated carbocycles. The van der Waals surface area contributed by atoms with Gasteiger partial charge in [-0.1, -0.05) is 44.2 Å². The first-order valence-corrected chi connectivity index (χ1v) is 11.4. The summed E-state index contributed by atoms with van der Waals surface area (Å²) in [7, 11) is 1.61. The van der Waals surface area contributed by atoms with Crippen molar-refractivity contribution in [2.45, 2.75) is 65.1 Å². The Morgan fingerprint density at radius 3 is 2.38 bits per heavy atom. The lowest BCUT2D eigenvalue weighted by atomic mass is 10.1. The lowest BCUT2D eigenvalue weighted by Crippen LogP contribution is -2.50. The van der Waals surface area contributed by atoms with Crippen LogP contribution in [0.1, 0.15) is 52.0 Å². The van der Waals surface area contributed by atoms with Crippen molar-refractivity contribution in [3.8, 4) is 11.5 Å². The van der Waals surface area contributed by atoms with E-state index in [2.05, 4.69) is 5.32 Å². The highest BCUT2D eigenvalue weighted by Crippen LogP contribution is 2.19. The van der Waals surface area contributed by atoms with Gasteiger partial charge in [0, 0.05) is 19.0 Å². The van der Waals surface area contributed by atoms with Crippen LogP contribution in [0, 0.1) is 0 Å². The molecule has 2 unspecified atom stereocenters. The van der Waals surface area contributed by atoms with E-state index in [1.54, 1.807) is 12.0 Å². The van der Waals surface area contributed by atoms with Crippen LogP contribution < -0.4 is 14.8 Å². The van der Waals surface area contributed by atoms with Gasteiger partial charge in [-0.15, -0.1) is 0 Å². The van der Waals surface area contributed by atoms with Crippen molar-refractivity contribution < 1.29 is 19.1 Å². The summed E-state index contributed by atoms with van der Waals surface area (Å²) in [5, 5.41) is 3.03. The third kappa shape index (κ3) is 7.91. The van der Waals surface area contributed by atoms with Crippen LogP contribution in [0.25, 0.3) is 0 Å². The smallest absolute Gasteiger partial charge is 0.243 e. The van der Waals surface area contributed by atoms with Crippen LogP contribution >= 0.6 is 0 Å². The number of para-hydroxylation sites is 1. The molecule has 2 aromatic rings. The minimum Gasteiger partial charge on any atom is -0.497 e. The number of methoxy groups -OCH3 is 1. The molecule has 0 aliphatic rings. The SMILES string of the molecule is CCC(C)NC(=O)C(CC)N(Cc1cccc(OC)c1)C(=O)CCCOc1ccccc1. The number of ether oxygens (including phenoxy) is 2. The average molecular weight is 441 g/mol. The van der Waals surface area contributed by atoms with E-state index in [1.165, 1.54) is 0 Å². The lowest BCUT2D eigenvalue weighted by molar-refractivity contribution is -0.141. The number of hydrogen-bond acceptors (Lipinski definition) is 4. The molecule has 6 nitrogen and oxygen atoms in total. The molecule has 0 aliphatic carbocycles. The van der Waals surface area contributed by atoms with Gasteiger partial charge in [-0.2, -0.15) is 0 Å². The predicted octanol–water partition coefficient (Wildman–Crippen LogP) is 4.58. The van der Waals surface area contributed by atoms with Gasteiger partial charge in [0.25, 0.3) is 0 Å². The van der Waals surface area contributed by atoms with Crippen molar-refractivity contribution in [1.29, 1.82) is 0 Å². The summed E-state index contributed by atoms with van der Waals surface area (Å²) >= 11 is 0. The zero-order chi connectivity index (χ0) is 23.3. The van der Waals surface area contributed by atoms with Gasteiger partial charge in [-0.05, 0) is 56.0 Å². The van der Waals surface area contributed by atoms with Crippen LogP contribution in [0.3, 0.4) is 0 Å². The summed E-state index contributed by atoms with van der Waals surface area (Å²) < 4.78 is 11.0. The second kappa shape index (κ2) is 13.4. The Bertz CT molecular complexity index is 841. The molecule has 2 aromatic carbocycles. The van der Waals surface area contributed by atoms with E-state index in [-0.39, 0.29) is 17.9 Å². The summed E-state index contributed by atoms with van der Waals surface area (Å²) in [6.45, 7) is 6.73. The van der Waals surface area contributed by atoms with Gasteiger partial charge < -0.3 is 19.7 Å². The van der Waals surface area contributed by atoms with Crippen molar-refractivity contribution in [3.05, 3.63) is 60.2 Å². The number of nitrogens with zero attached hydrogens (tertiary/aromatic N) is 1. The predicted molar refractivity (Wildman–Crippen MR) is 127 cm³/mol. The molecular weight excluding hydrogens is 404 g/mol. The highest BCUT2D eigenvalue weighted by Gasteiger charge is 2.29. The van der Waals surface area contributed by atoms with Gasteiger partial charge in [0.05, 0.1) is 13.7 Å². The Balaban J connectivity index is 2.09. The fourth-order valence-electron chi connectivity index (χ4n) is 3.40. The molecule has 32 heavy (non-hydrogen) atoms. The largest absolute Gasteiger partial charge is 0.497 e. The molecule has 0 heterocycles. The van der Waals surface area contributed by atoms with Gasteiger partial charge in [0.1, 0.15) is 17.5 Å². The fraction of sp³-hybridized carbons (Fsp3) is 0.462. The number of carbonyl (C=O) groups excluding carboxylic acids is 2. The molecule has 1 N–H and O–H groups in total. The van der Waals surface area contributed by atoms with Crippen molar-refractivity contribution in [2.75, 3.05) is 13.7 Å². The molecule has 0 aliphatic heterocycles. The van der Waals surface area contributed by atoms with E-state index in [0.29, 0.717) is 32.4 Å². The van der Waals surface area contributed by atoms with Crippen molar-refractivity contribution in [1.82, 2.24) is 10.2 Å². The highest BCUT2D eigenvalue weighted by molar-refractivity contribution is 5.87. The molecule has 6 heteroatoms. The van der Waals surface area contributed by atoms with Crippen LogP contribution in [0.15, 0.2) is 54.6 Å². The molecule has 2 amide bonds. The molecule has 2 atom stereocenters. The van der Waals surface area contributed by atoms with Crippen LogP contribution in [-0.2, 0) is 16.1 Å². The van der Waals surface area contributed by atoms with E-state index >= 15 is 0 Å². The first-order chi connectivity index (χ1) is 15.5. The molecule has 2 rings (SSSR count). The third-order valence-corrected chi connectivity index (χ3v) is 5.42. The van der Waals surface area contributed by atoms with Crippen LogP contribution in [0.4, 0.5) is 0 Å².